The topological polar surface area (TPSA) is 93.2 Å². The van der Waals surface area contributed by atoms with Crippen LogP contribution in [0.4, 0.5) is 11.5 Å². The Morgan fingerprint density at radius 1 is 1.10 bits per heavy atom. The number of hydrogen-bond donors (Lipinski definition) is 2. The summed E-state index contributed by atoms with van der Waals surface area (Å²) < 4.78 is 5.02. The number of benzene rings is 1. The number of anilines is 2. The van der Waals surface area contributed by atoms with Gasteiger partial charge >= 0.3 is 5.97 Å². The van der Waals surface area contributed by atoms with Gasteiger partial charge in [0.05, 0.1) is 17.9 Å². The van der Waals surface area contributed by atoms with Crippen molar-refractivity contribution in [1.29, 1.82) is 0 Å². The van der Waals surface area contributed by atoms with Crippen LogP contribution in [0.15, 0.2) is 48.0 Å². The Hall–Kier alpha value is -3.22. The standard InChI is InChI=1S/C22H26N4O3/c1-2-29-22(28)17-10-6-7-11-18(17)24-21(27)19-12-13-20(26-25-19)23-15-14-16-8-4-3-5-9-16/h6-8,10-13H,2-5,9,14-15H2,1H3,(H,23,26)(H,24,27). The normalized spacial score (nSPS) is 13.3. The van der Waals surface area contributed by atoms with E-state index in [1.807, 2.05) is 0 Å². The third-order valence-corrected chi connectivity index (χ3v) is 4.71. The van der Waals surface area contributed by atoms with Crippen LogP contribution >= 0.6 is 0 Å². The molecule has 2 aromatic rings. The Bertz CT molecular complexity index is 878. The molecule has 0 saturated carbocycles. The van der Waals surface area contributed by atoms with Crippen LogP contribution in [-0.4, -0.2) is 35.2 Å². The van der Waals surface area contributed by atoms with E-state index < -0.39 is 11.9 Å². The Morgan fingerprint density at radius 2 is 1.97 bits per heavy atom. The lowest BCUT2D eigenvalue weighted by atomic mass is 9.97. The average Bonchev–Trinajstić information content (AvgIpc) is 2.75. The number of aromatic nitrogens is 2. The van der Waals surface area contributed by atoms with Gasteiger partial charge in [0.25, 0.3) is 5.91 Å². The molecular weight excluding hydrogens is 368 g/mol. The lowest BCUT2D eigenvalue weighted by molar-refractivity contribution is 0.0527. The Labute approximate surface area is 170 Å². The molecule has 0 bridgehead atoms. The molecule has 29 heavy (non-hydrogen) atoms. The first kappa shape index (κ1) is 20.5. The first-order valence-corrected chi connectivity index (χ1v) is 10.0. The second-order valence-corrected chi connectivity index (χ2v) is 6.81. The maximum Gasteiger partial charge on any atom is 0.340 e. The predicted octanol–water partition coefficient (Wildman–Crippen LogP) is 4.21. The minimum absolute atomic E-state index is 0.171. The fraction of sp³-hybridized carbons (Fsp3) is 0.364. The van der Waals surface area contributed by atoms with Crippen molar-refractivity contribution in [3.05, 3.63) is 59.3 Å². The third-order valence-electron chi connectivity index (χ3n) is 4.71. The van der Waals surface area contributed by atoms with Crippen LogP contribution in [0.1, 0.15) is 59.9 Å². The highest BCUT2D eigenvalue weighted by Gasteiger charge is 2.16. The van der Waals surface area contributed by atoms with Gasteiger partial charge in [-0.3, -0.25) is 4.79 Å². The summed E-state index contributed by atoms with van der Waals surface area (Å²) in [4.78, 5) is 24.5. The molecule has 0 saturated heterocycles. The van der Waals surface area contributed by atoms with Gasteiger partial charge in [-0.1, -0.05) is 23.8 Å². The third kappa shape index (κ3) is 5.88. The smallest absolute Gasteiger partial charge is 0.340 e. The van der Waals surface area contributed by atoms with E-state index in [1.54, 1.807) is 43.3 Å². The molecule has 1 aromatic heterocycles. The number of rotatable bonds is 8. The van der Waals surface area contributed by atoms with Crippen LogP contribution < -0.4 is 10.6 Å². The summed E-state index contributed by atoms with van der Waals surface area (Å²) in [5.41, 5.74) is 2.34. The molecule has 0 atom stereocenters. The highest BCUT2D eigenvalue weighted by Crippen LogP contribution is 2.20. The van der Waals surface area contributed by atoms with Crippen molar-refractivity contribution >= 4 is 23.4 Å². The molecule has 1 aliphatic carbocycles. The quantitative estimate of drug-likeness (QED) is 0.515. The van der Waals surface area contributed by atoms with Crippen LogP contribution in [0.5, 0.6) is 0 Å². The number of amides is 1. The number of para-hydroxylation sites is 1. The van der Waals surface area contributed by atoms with Gasteiger partial charge in [-0.25, -0.2) is 4.79 Å². The predicted molar refractivity (Wildman–Crippen MR) is 112 cm³/mol. The number of ether oxygens (including phenoxy) is 1. The van der Waals surface area contributed by atoms with E-state index in [9.17, 15) is 9.59 Å². The Morgan fingerprint density at radius 3 is 2.69 bits per heavy atom. The Kier molecular flexibility index (Phi) is 7.33. The van der Waals surface area contributed by atoms with Gasteiger partial charge < -0.3 is 15.4 Å². The van der Waals surface area contributed by atoms with Gasteiger partial charge in [0.1, 0.15) is 5.82 Å². The summed E-state index contributed by atoms with van der Waals surface area (Å²) in [6.07, 6.45) is 8.25. The molecule has 1 heterocycles. The lowest BCUT2D eigenvalue weighted by Crippen LogP contribution is -2.17. The van der Waals surface area contributed by atoms with Crippen LogP contribution in [0, 0.1) is 0 Å². The minimum atomic E-state index is -0.484. The van der Waals surface area contributed by atoms with E-state index >= 15 is 0 Å². The van der Waals surface area contributed by atoms with E-state index in [1.165, 1.54) is 31.3 Å². The Balaban J connectivity index is 1.56. The maximum atomic E-state index is 12.5. The monoisotopic (exact) mass is 394 g/mol. The highest BCUT2D eigenvalue weighted by molar-refractivity contribution is 6.07. The zero-order chi connectivity index (χ0) is 20.5. The summed E-state index contributed by atoms with van der Waals surface area (Å²) >= 11 is 0. The van der Waals surface area contributed by atoms with Crippen molar-refractivity contribution < 1.29 is 14.3 Å². The van der Waals surface area contributed by atoms with Gasteiger partial charge in [-0.2, -0.15) is 0 Å². The average molecular weight is 394 g/mol. The van der Waals surface area contributed by atoms with Crippen LogP contribution in [-0.2, 0) is 4.74 Å². The molecule has 7 nitrogen and oxygen atoms in total. The van der Waals surface area contributed by atoms with E-state index in [2.05, 4.69) is 26.9 Å². The number of esters is 1. The number of carbonyl (C=O) groups excluding carboxylic acids is 2. The summed E-state index contributed by atoms with van der Waals surface area (Å²) in [6.45, 7) is 2.79. The fourth-order valence-electron chi connectivity index (χ4n) is 3.20. The zero-order valence-electron chi connectivity index (χ0n) is 16.6. The number of nitrogens with zero attached hydrogens (tertiary/aromatic N) is 2. The first-order chi connectivity index (χ1) is 14.2. The van der Waals surface area contributed by atoms with Crippen molar-refractivity contribution in [3.8, 4) is 0 Å². The van der Waals surface area contributed by atoms with Crippen molar-refractivity contribution in [1.82, 2.24) is 10.2 Å². The molecule has 0 spiro atoms. The fourth-order valence-corrected chi connectivity index (χ4v) is 3.20. The summed E-state index contributed by atoms with van der Waals surface area (Å²) in [6, 6.07) is 10.0. The minimum Gasteiger partial charge on any atom is -0.462 e. The molecule has 7 heteroatoms. The van der Waals surface area contributed by atoms with Crippen molar-refractivity contribution in [2.45, 2.75) is 39.0 Å². The number of nitrogens with one attached hydrogen (secondary N) is 2. The molecule has 3 rings (SSSR count). The molecular formula is C22H26N4O3. The van der Waals surface area contributed by atoms with E-state index in [0.717, 1.165) is 13.0 Å². The van der Waals surface area contributed by atoms with Gasteiger partial charge in [0.15, 0.2) is 5.69 Å². The van der Waals surface area contributed by atoms with E-state index in [0.29, 0.717) is 17.1 Å². The number of allylic oxidation sites excluding steroid dienone is 1. The van der Waals surface area contributed by atoms with Crippen LogP contribution in [0.2, 0.25) is 0 Å². The maximum absolute atomic E-state index is 12.5. The molecule has 1 amide bonds. The SMILES string of the molecule is CCOC(=O)c1ccccc1NC(=O)c1ccc(NCCC2=CCCCC2)nn1. The molecule has 0 aliphatic heterocycles. The first-order valence-electron chi connectivity index (χ1n) is 10.0. The van der Waals surface area contributed by atoms with Gasteiger partial charge in [-0.05, 0) is 63.3 Å². The van der Waals surface area contributed by atoms with Crippen molar-refractivity contribution in [2.75, 3.05) is 23.8 Å². The molecule has 0 unspecified atom stereocenters. The summed E-state index contributed by atoms with van der Waals surface area (Å²) in [7, 11) is 0. The lowest BCUT2D eigenvalue weighted by Gasteiger charge is -2.13. The van der Waals surface area contributed by atoms with Crippen molar-refractivity contribution in [3.63, 3.8) is 0 Å². The zero-order valence-corrected chi connectivity index (χ0v) is 16.6. The van der Waals surface area contributed by atoms with Crippen LogP contribution in [0.25, 0.3) is 0 Å². The van der Waals surface area contributed by atoms with Crippen LogP contribution in [0.3, 0.4) is 0 Å². The molecule has 1 aromatic carbocycles. The second-order valence-electron chi connectivity index (χ2n) is 6.81. The largest absolute Gasteiger partial charge is 0.462 e. The molecule has 152 valence electrons. The van der Waals surface area contributed by atoms with Gasteiger partial charge in [0, 0.05) is 6.54 Å². The second kappa shape index (κ2) is 10.4. The van der Waals surface area contributed by atoms with E-state index in [-0.39, 0.29) is 12.3 Å². The summed E-state index contributed by atoms with van der Waals surface area (Å²) in [5.74, 6) is -0.292. The summed E-state index contributed by atoms with van der Waals surface area (Å²) in [5, 5.41) is 14.0. The molecule has 2 N–H and O–H groups in total. The number of carbonyl (C=O) groups is 2. The van der Waals surface area contributed by atoms with Gasteiger partial charge in [0.2, 0.25) is 0 Å². The molecule has 0 radical (unpaired) electrons. The molecule has 0 fully saturated rings. The highest BCUT2D eigenvalue weighted by atomic mass is 16.5. The molecule has 1 aliphatic rings. The number of hydrogen-bond acceptors (Lipinski definition) is 6. The van der Waals surface area contributed by atoms with Crippen molar-refractivity contribution in [2.24, 2.45) is 0 Å². The van der Waals surface area contributed by atoms with E-state index in [4.69, 9.17) is 4.74 Å². The van der Waals surface area contributed by atoms with Gasteiger partial charge in [-0.15, -0.1) is 10.2 Å².